The number of hydrogen-bond acceptors (Lipinski definition) is 2. The summed E-state index contributed by atoms with van der Waals surface area (Å²) in [4.78, 5) is 13.8. The molecule has 1 aromatic rings. The molecule has 0 radical (unpaired) electrons. The van der Waals surface area contributed by atoms with E-state index >= 15 is 0 Å². The SMILES string of the molecule is CC1CCN(C(=O)c2ccc(Br)o2)CC1. The Labute approximate surface area is 97.6 Å². The lowest BCUT2D eigenvalue weighted by atomic mass is 9.99. The van der Waals surface area contributed by atoms with Crippen molar-refractivity contribution in [2.24, 2.45) is 5.92 Å². The minimum absolute atomic E-state index is 0.00704. The molecule has 1 aromatic heterocycles. The summed E-state index contributed by atoms with van der Waals surface area (Å²) in [5.74, 6) is 1.17. The van der Waals surface area contributed by atoms with Crippen LogP contribution >= 0.6 is 15.9 Å². The van der Waals surface area contributed by atoms with E-state index in [1.807, 2.05) is 4.90 Å². The predicted molar refractivity (Wildman–Crippen MR) is 60.7 cm³/mol. The molecule has 1 fully saturated rings. The fourth-order valence-corrected chi connectivity index (χ4v) is 2.10. The predicted octanol–water partition coefficient (Wildman–Crippen LogP) is 2.91. The van der Waals surface area contributed by atoms with Crippen molar-refractivity contribution in [2.75, 3.05) is 13.1 Å². The fraction of sp³-hybridized carbons (Fsp3) is 0.545. The first-order valence-electron chi connectivity index (χ1n) is 5.21. The van der Waals surface area contributed by atoms with E-state index in [4.69, 9.17) is 4.42 Å². The lowest BCUT2D eigenvalue weighted by Crippen LogP contribution is -2.37. The molecular formula is C11H14BrNO2. The largest absolute Gasteiger partial charge is 0.444 e. The van der Waals surface area contributed by atoms with E-state index in [0.717, 1.165) is 31.8 Å². The van der Waals surface area contributed by atoms with Crippen molar-refractivity contribution in [2.45, 2.75) is 19.8 Å². The summed E-state index contributed by atoms with van der Waals surface area (Å²) in [5.41, 5.74) is 0. The van der Waals surface area contributed by atoms with E-state index in [-0.39, 0.29) is 5.91 Å². The van der Waals surface area contributed by atoms with Crippen molar-refractivity contribution in [1.82, 2.24) is 4.90 Å². The first-order chi connectivity index (χ1) is 7.16. The molecule has 1 saturated heterocycles. The van der Waals surface area contributed by atoms with E-state index in [9.17, 15) is 4.79 Å². The zero-order valence-corrected chi connectivity index (χ0v) is 10.3. The van der Waals surface area contributed by atoms with Gasteiger partial charge in [0.25, 0.3) is 5.91 Å². The van der Waals surface area contributed by atoms with Crippen LogP contribution in [0.3, 0.4) is 0 Å². The Morgan fingerprint density at radius 2 is 2.13 bits per heavy atom. The van der Waals surface area contributed by atoms with E-state index in [2.05, 4.69) is 22.9 Å². The molecule has 15 heavy (non-hydrogen) atoms. The number of nitrogens with zero attached hydrogens (tertiary/aromatic N) is 1. The summed E-state index contributed by atoms with van der Waals surface area (Å²) in [5, 5.41) is 0. The third kappa shape index (κ3) is 2.43. The molecule has 0 atom stereocenters. The summed E-state index contributed by atoms with van der Waals surface area (Å²) in [6, 6.07) is 3.46. The molecule has 0 aliphatic carbocycles. The number of rotatable bonds is 1. The Balaban J connectivity index is 2.02. The maximum Gasteiger partial charge on any atom is 0.289 e. The first-order valence-corrected chi connectivity index (χ1v) is 6.00. The maximum absolute atomic E-state index is 11.9. The fourth-order valence-electron chi connectivity index (χ4n) is 1.80. The molecule has 2 rings (SSSR count). The third-order valence-corrected chi connectivity index (χ3v) is 3.28. The van der Waals surface area contributed by atoms with Crippen LogP contribution in [-0.4, -0.2) is 23.9 Å². The van der Waals surface area contributed by atoms with Crippen LogP contribution in [0.4, 0.5) is 0 Å². The van der Waals surface area contributed by atoms with Crippen LogP contribution in [0.5, 0.6) is 0 Å². The first kappa shape index (κ1) is 10.7. The van der Waals surface area contributed by atoms with Crippen molar-refractivity contribution in [3.05, 3.63) is 22.6 Å². The number of amides is 1. The van der Waals surface area contributed by atoms with Crippen molar-refractivity contribution >= 4 is 21.8 Å². The molecule has 82 valence electrons. The van der Waals surface area contributed by atoms with Crippen LogP contribution in [0.1, 0.15) is 30.3 Å². The Hall–Kier alpha value is -0.770. The minimum Gasteiger partial charge on any atom is -0.444 e. The van der Waals surface area contributed by atoms with E-state index in [0.29, 0.717) is 10.4 Å². The summed E-state index contributed by atoms with van der Waals surface area (Å²) >= 11 is 3.20. The molecule has 4 heteroatoms. The van der Waals surface area contributed by atoms with Crippen molar-refractivity contribution in [1.29, 1.82) is 0 Å². The lowest BCUT2D eigenvalue weighted by Gasteiger charge is -2.29. The standard InChI is InChI=1S/C11H14BrNO2/c1-8-4-6-13(7-5-8)11(14)9-2-3-10(12)15-9/h2-3,8H,4-7H2,1H3. The number of hydrogen-bond donors (Lipinski definition) is 0. The van der Waals surface area contributed by atoms with Gasteiger partial charge in [0.2, 0.25) is 0 Å². The van der Waals surface area contributed by atoms with E-state index in [1.165, 1.54) is 0 Å². The van der Waals surface area contributed by atoms with Gasteiger partial charge in [-0.05, 0) is 46.8 Å². The smallest absolute Gasteiger partial charge is 0.289 e. The second-order valence-electron chi connectivity index (χ2n) is 4.08. The number of likely N-dealkylation sites (tertiary alicyclic amines) is 1. The number of halogens is 1. The van der Waals surface area contributed by atoms with Gasteiger partial charge in [0.05, 0.1) is 0 Å². The van der Waals surface area contributed by atoms with Crippen molar-refractivity contribution in [3.63, 3.8) is 0 Å². The second kappa shape index (κ2) is 4.39. The van der Waals surface area contributed by atoms with E-state index < -0.39 is 0 Å². The van der Waals surface area contributed by atoms with Gasteiger partial charge in [0.15, 0.2) is 10.4 Å². The van der Waals surface area contributed by atoms with Crippen LogP contribution in [-0.2, 0) is 0 Å². The summed E-state index contributed by atoms with van der Waals surface area (Å²) < 4.78 is 5.86. The molecule has 0 aromatic carbocycles. The van der Waals surface area contributed by atoms with Gasteiger partial charge in [-0.2, -0.15) is 0 Å². The Bertz CT molecular complexity index is 353. The molecule has 1 aliphatic rings. The molecule has 0 saturated carbocycles. The Morgan fingerprint density at radius 3 is 2.67 bits per heavy atom. The molecule has 1 amide bonds. The van der Waals surface area contributed by atoms with Gasteiger partial charge < -0.3 is 9.32 Å². The molecular weight excluding hydrogens is 258 g/mol. The number of carbonyl (C=O) groups is 1. The van der Waals surface area contributed by atoms with Gasteiger partial charge in [-0.1, -0.05) is 6.92 Å². The van der Waals surface area contributed by atoms with Crippen LogP contribution < -0.4 is 0 Å². The average Bonchev–Trinajstić information content (AvgIpc) is 2.65. The number of furan rings is 1. The van der Waals surface area contributed by atoms with Crippen LogP contribution in [0.25, 0.3) is 0 Å². The van der Waals surface area contributed by atoms with Crippen LogP contribution in [0.15, 0.2) is 21.2 Å². The molecule has 0 spiro atoms. The van der Waals surface area contributed by atoms with Crippen molar-refractivity contribution < 1.29 is 9.21 Å². The van der Waals surface area contributed by atoms with Gasteiger partial charge in [-0.15, -0.1) is 0 Å². The van der Waals surface area contributed by atoms with E-state index in [1.54, 1.807) is 12.1 Å². The van der Waals surface area contributed by atoms with Crippen LogP contribution in [0, 0.1) is 5.92 Å². The Morgan fingerprint density at radius 1 is 1.47 bits per heavy atom. The molecule has 0 bridgehead atoms. The highest BCUT2D eigenvalue weighted by Gasteiger charge is 2.23. The Kier molecular flexibility index (Phi) is 3.14. The van der Waals surface area contributed by atoms with Gasteiger partial charge in [-0.25, -0.2) is 0 Å². The van der Waals surface area contributed by atoms with Gasteiger partial charge in [0, 0.05) is 13.1 Å². The van der Waals surface area contributed by atoms with Gasteiger partial charge >= 0.3 is 0 Å². The van der Waals surface area contributed by atoms with Crippen molar-refractivity contribution in [3.8, 4) is 0 Å². The topological polar surface area (TPSA) is 33.5 Å². The quantitative estimate of drug-likeness (QED) is 0.787. The lowest BCUT2D eigenvalue weighted by molar-refractivity contribution is 0.0663. The molecule has 0 N–H and O–H groups in total. The number of piperidine rings is 1. The zero-order valence-electron chi connectivity index (χ0n) is 8.70. The zero-order chi connectivity index (χ0) is 10.8. The molecule has 0 unspecified atom stereocenters. The second-order valence-corrected chi connectivity index (χ2v) is 4.86. The average molecular weight is 272 g/mol. The maximum atomic E-state index is 11.9. The minimum atomic E-state index is 0.00704. The highest BCUT2D eigenvalue weighted by Crippen LogP contribution is 2.20. The highest BCUT2D eigenvalue weighted by atomic mass is 79.9. The summed E-state index contributed by atoms with van der Waals surface area (Å²) in [6.45, 7) is 3.92. The monoisotopic (exact) mass is 271 g/mol. The molecule has 3 nitrogen and oxygen atoms in total. The third-order valence-electron chi connectivity index (χ3n) is 2.85. The van der Waals surface area contributed by atoms with Crippen LogP contribution in [0.2, 0.25) is 0 Å². The summed E-state index contributed by atoms with van der Waals surface area (Å²) in [6.07, 6.45) is 2.18. The summed E-state index contributed by atoms with van der Waals surface area (Å²) in [7, 11) is 0. The van der Waals surface area contributed by atoms with Gasteiger partial charge in [-0.3, -0.25) is 4.79 Å². The molecule has 1 aliphatic heterocycles. The highest BCUT2D eigenvalue weighted by molar-refractivity contribution is 9.10. The molecule has 2 heterocycles. The van der Waals surface area contributed by atoms with Gasteiger partial charge in [0.1, 0.15) is 0 Å². The normalized spacial score (nSPS) is 18.1. The number of carbonyl (C=O) groups excluding carboxylic acids is 1.